The Bertz CT molecular complexity index is 916. The van der Waals surface area contributed by atoms with Gasteiger partial charge in [-0.2, -0.15) is 0 Å². The molecule has 0 amide bonds. The molecule has 0 atom stereocenters. The van der Waals surface area contributed by atoms with Crippen molar-refractivity contribution in [3.8, 4) is 22.8 Å². The molecule has 0 unspecified atom stereocenters. The van der Waals surface area contributed by atoms with E-state index in [2.05, 4.69) is 0 Å². The SMILES string of the molecule is CCOn1c(-c2ccccc2)cc2cc(OC)cc(OC)c2c1=O. The van der Waals surface area contributed by atoms with Gasteiger partial charge in [0.05, 0.1) is 25.3 Å². The van der Waals surface area contributed by atoms with E-state index in [-0.39, 0.29) is 5.56 Å². The molecule has 5 heteroatoms. The number of ether oxygens (including phenoxy) is 2. The van der Waals surface area contributed by atoms with Crippen LogP contribution in [0.1, 0.15) is 6.92 Å². The molecule has 0 aliphatic carbocycles. The summed E-state index contributed by atoms with van der Waals surface area (Å²) in [5, 5.41) is 1.21. The van der Waals surface area contributed by atoms with Crippen LogP contribution in [0.15, 0.2) is 53.3 Å². The average molecular weight is 325 g/mol. The van der Waals surface area contributed by atoms with E-state index in [1.54, 1.807) is 13.2 Å². The summed E-state index contributed by atoms with van der Waals surface area (Å²) in [5.41, 5.74) is 1.32. The molecule has 1 aromatic heterocycles. The van der Waals surface area contributed by atoms with Gasteiger partial charge in [0.15, 0.2) is 0 Å². The number of nitrogens with zero attached hydrogens (tertiary/aromatic N) is 1. The van der Waals surface area contributed by atoms with Crippen molar-refractivity contribution in [2.75, 3.05) is 20.8 Å². The molecule has 0 saturated carbocycles. The van der Waals surface area contributed by atoms with E-state index in [0.29, 0.717) is 29.2 Å². The van der Waals surface area contributed by atoms with Gasteiger partial charge >= 0.3 is 0 Å². The summed E-state index contributed by atoms with van der Waals surface area (Å²) in [7, 11) is 3.11. The minimum absolute atomic E-state index is 0.257. The van der Waals surface area contributed by atoms with Crippen LogP contribution in [-0.2, 0) is 0 Å². The van der Waals surface area contributed by atoms with E-state index in [1.807, 2.05) is 49.4 Å². The lowest BCUT2D eigenvalue weighted by Crippen LogP contribution is -2.28. The number of fused-ring (bicyclic) bond motifs is 1. The summed E-state index contributed by atoms with van der Waals surface area (Å²) in [6.45, 7) is 2.22. The zero-order chi connectivity index (χ0) is 17.1. The molecule has 0 bridgehead atoms. The third kappa shape index (κ3) is 2.69. The van der Waals surface area contributed by atoms with Crippen molar-refractivity contribution in [3.63, 3.8) is 0 Å². The molecule has 0 aliphatic rings. The minimum Gasteiger partial charge on any atom is -0.497 e. The zero-order valence-electron chi connectivity index (χ0n) is 13.9. The van der Waals surface area contributed by atoms with Crippen LogP contribution < -0.4 is 19.9 Å². The number of rotatable bonds is 5. The largest absolute Gasteiger partial charge is 0.497 e. The lowest BCUT2D eigenvalue weighted by Gasteiger charge is -2.16. The Labute approximate surface area is 140 Å². The monoisotopic (exact) mass is 325 g/mol. The Morgan fingerprint density at radius 3 is 2.38 bits per heavy atom. The highest BCUT2D eigenvalue weighted by Gasteiger charge is 2.16. The molecule has 2 aromatic carbocycles. The molecule has 3 rings (SSSR count). The molecule has 0 radical (unpaired) electrons. The molecule has 0 saturated heterocycles. The minimum atomic E-state index is -0.257. The lowest BCUT2D eigenvalue weighted by atomic mass is 10.1. The Balaban J connectivity index is 2.40. The van der Waals surface area contributed by atoms with Gasteiger partial charge < -0.3 is 14.3 Å². The predicted molar refractivity (Wildman–Crippen MR) is 93.9 cm³/mol. The van der Waals surface area contributed by atoms with Crippen LogP contribution in [-0.4, -0.2) is 25.6 Å². The van der Waals surface area contributed by atoms with Crippen LogP contribution in [0.4, 0.5) is 0 Å². The first-order chi connectivity index (χ1) is 11.7. The zero-order valence-corrected chi connectivity index (χ0v) is 13.9. The first-order valence-corrected chi connectivity index (χ1v) is 7.70. The topological polar surface area (TPSA) is 49.7 Å². The Hall–Kier alpha value is -2.95. The van der Waals surface area contributed by atoms with E-state index >= 15 is 0 Å². The lowest BCUT2D eigenvalue weighted by molar-refractivity contribution is 0.118. The van der Waals surface area contributed by atoms with Gasteiger partial charge in [0, 0.05) is 11.6 Å². The summed E-state index contributed by atoms with van der Waals surface area (Å²) < 4.78 is 12.0. The van der Waals surface area contributed by atoms with Gasteiger partial charge in [-0.3, -0.25) is 4.79 Å². The normalized spacial score (nSPS) is 10.6. The fourth-order valence-electron chi connectivity index (χ4n) is 2.72. The maximum absolute atomic E-state index is 13.0. The van der Waals surface area contributed by atoms with Crippen molar-refractivity contribution in [1.82, 2.24) is 4.73 Å². The number of hydrogen-bond donors (Lipinski definition) is 0. The standard InChI is InChI=1S/C19H19NO4/c1-4-24-20-16(13-8-6-5-7-9-13)11-14-10-15(22-2)12-17(23-3)18(14)19(20)21/h5-12H,4H2,1-3H3. The van der Waals surface area contributed by atoms with Crippen LogP contribution in [0.3, 0.4) is 0 Å². The van der Waals surface area contributed by atoms with E-state index < -0.39 is 0 Å². The van der Waals surface area contributed by atoms with Crippen LogP contribution in [0.5, 0.6) is 11.5 Å². The van der Waals surface area contributed by atoms with Gasteiger partial charge in [0.2, 0.25) is 0 Å². The van der Waals surface area contributed by atoms with Crippen LogP contribution >= 0.6 is 0 Å². The Kier molecular flexibility index (Phi) is 4.42. The second-order valence-corrected chi connectivity index (χ2v) is 5.21. The third-order valence-corrected chi connectivity index (χ3v) is 3.80. The summed E-state index contributed by atoms with van der Waals surface area (Å²) in [6.07, 6.45) is 0. The first-order valence-electron chi connectivity index (χ1n) is 7.70. The quantitative estimate of drug-likeness (QED) is 0.723. The van der Waals surface area contributed by atoms with Crippen molar-refractivity contribution >= 4 is 10.8 Å². The average Bonchev–Trinajstić information content (AvgIpc) is 2.63. The van der Waals surface area contributed by atoms with Crippen LogP contribution in [0, 0.1) is 0 Å². The second kappa shape index (κ2) is 6.66. The van der Waals surface area contributed by atoms with Gasteiger partial charge in [0.1, 0.15) is 18.1 Å². The summed E-state index contributed by atoms with van der Waals surface area (Å²) in [5.74, 6) is 1.09. The Morgan fingerprint density at radius 1 is 1.00 bits per heavy atom. The number of hydrogen-bond acceptors (Lipinski definition) is 4. The van der Waals surface area contributed by atoms with Gasteiger partial charge in [0.25, 0.3) is 5.56 Å². The Morgan fingerprint density at radius 2 is 1.75 bits per heavy atom. The number of benzene rings is 2. The van der Waals surface area contributed by atoms with E-state index in [9.17, 15) is 4.79 Å². The predicted octanol–water partition coefficient (Wildman–Crippen LogP) is 3.13. The molecule has 1 heterocycles. The molecule has 24 heavy (non-hydrogen) atoms. The maximum atomic E-state index is 13.0. The molecular formula is C19H19NO4. The fraction of sp³-hybridized carbons (Fsp3) is 0.211. The van der Waals surface area contributed by atoms with E-state index in [4.69, 9.17) is 14.3 Å². The van der Waals surface area contributed by atoms with Crippen molar-refractivity contribution in [3.05, 3.63) is 58.9 Å². The highest BCUT2D eigenvalue weighted by atomic mass is 16.7. The second-order valence-electron chi connectivity index (χ2n) is 5.21. The van der Waals surface area contributed by atoms with Crippen molar-refractivity contribution < 1.29 is 14.3 Å². The summed E-state index contributed by atoms with van der Waals surface area (Å²) in [6, 6.07) is 15.1. The maximum Gasteiger partial charge on any atom is 0.295 e. The molecule has 0 fully saturated rings. The fourth-order valence-corrected chi connectivity index (χ4v) is 2.72. The van der Waals surface area contributed by atoms with E-state index in [0.717, 1.165) is 10.9 Å². The van der Waals surface area contributed by atoms with Crippen molar-refractivity contribution in [2.24, 2.45) is 0 Å². The molecule has 3 aromatic rings. The van der Waals surface area contributed by atoms with E-state index in [1.165, 1.54) is 11.8 Å². The highest BCUT2D eigenvalue weighted by molar-refractivity contribution is 5.91. The molecular weight excluding hydrogens is 306 g/mol. The summed E-state index contributed by atoms with van der Waals surface area (Å²) >= 11 is 0. The smallest absolute Gasteiger partial charge is 0.295 e. The van der Waals surface area contributed by atoms with Gasteiger partial charge in [-0.05, 0) is 24.4 Å². The molecule has 0 spiro atoms. The van der Waals surface area contributed by atoms with Gasteiger partial charge in [-0.25, -0.2) is 0 Å². The number of methoxy groups -OCH3 is 2. The first kappa shape index (κ1) is 15.9. The van der Waals surface area contributed by atoms with Gasteiger partial charge in [-0.15, -0.1) is 4.73 Å². The van der Waals surface area contributed by atoms with Crippen molar-refractivity contribution in [2.45, 2.75) is 6.92 Å². The third-order valence-electron chi connectivity index (χ3n) is 3.80. The van der Waals surface area contributed by atoms with Gasteiger partial charge in [-0.1, -0.05) is 30.3 Å². The number of aromatic nitrogens is 1. The van der Waals surface area contributed by atoms with Crippen LogP contribution in [0.2, 0.25) is 0 Å². The molecule has 5 nitrogen and oxygen atoms in total. The molecule has 0 aliphatic heterocycles. The molecule has 0 N–H and O–H groups in total. The summed E-state index contributed by atoms with van der Waals surface area (Å²) in [4.78, 5) is 18.6. The number of pyridine rings is 1. The highest BCUT2D eigenvalue weighted by Crippen LogP contribution is 2.31. The molecule has 124 valence electrons. The van der Waals surface area contributed by atoms with Crippen LogP contribution in [0.25, 0.3) is 22.0 Å². The van der Waals surface area contributed by atoms with Crippen molar-refractivity contribution in [1.29, 1.82) is 0 Å².